The Bertz CT molecular complexity index is 1560. The lowest BCUT2D eigenvalue weighted by Gasteiger charge is -2.31. The van der Waals surface area contributed by atoms with Crippen LogP contribution in [-0.4, -0.2) is 55.2 Å². The van der Waals surface area contributed by atoms with E-state index < -0.39 is 0 Å². The molecule has 0 aliphatic carbocycles. The van der Waals surface area contributed by atoms with E-state index in [2.05, 4.69) is 85.7 Å². The number of aryl methyl sites for hydroxylation is 2. The van der Waals surface area contributed by atoms with Crippen molar-refractivity contribution in [2.24, 2.45) is 7.05 Å². The van der Waals surface area contributed by atoms with Crippen LogP contribution in [0.5, 0.6) is 0 Å². The third kappa shape index (κ3) is 5.05. The number of hydrogen-bond acceptors (Lipinski definition) is 8. The minimum Gasteiger partial charge on any atom is -0.338 e. The van der Waals surface area contributed by atoms with Gasteiger partial charge in [0.15, 0.2) is 5.82 Å². The van der Waals surface area contributed by atoms with Gasteiger partial charge in [-0.15, -0.1) is 12.4 Å². The third-order valence-corrected chi connectivity index (χ3v) is 6.81. The zero-order valence-corrected chi connectivity index (χ0v) is 22.0. The highest BCUT2D eigenvalue weighted by molar-refractivity contribution is 5.87. The molecular formula is C27H30ClN9. The summed E-state index contributed by atoms with van der Waals surface area (Å²) in [7, 11) is 2.02. The maximum Gasteiger partial charge on any atom is 0.226 e. The van der Waals surface area contributed by atoms with Crippen molar-refractivity contribution in [3.8, 4) is 0 Å². The Hall–Kier alpha value is -3.82. The van der Waals surface area contributed by atoms with Crippen molar-refractivity contribution >= 4 is 51.9 Å². The van der Waals surface area contributed by atoms with E-state index in [4.69, 9.17) is 4.98 Å². The van der Waals surface area contributed by atoms with Crippen molar-refractivity contribution in [3.63, 3.8) is 0 Å². The van der Waals surface area contributed by atoms with Crippen LogP contribution >= 0.6 is 12.4 Å². The van der Waals surface area contributed by atoms with E-state index in [1.165, 1.54) is 16.7 Å². The summed E-state index contributed by atoms with van der Waals surface area (Å²) in [5.41, 5.74) is 8.32. The van der Waals surface area contributed by atoms with Gasteiger partial charge in [-0.05, 0) is 61.2 Å². The van der Waals surface area contributed by atoms with Gasteiger partial charge in [-0.3, -0.25) is 0 Å². The topological polar surface area (TPSA) is 96.7 Å². The first-order valence-corrected chi connectivity index (χ1v) is 12.3. The van der Waals surface area contributed by atoms with Gasteiger partial charge in [-0.25, -0.2) is 24.9 Å². The molecule has 4 heterocycles. The van der Waals surface area contributed by atoms with E-state index in [1.807, 2.05) is 17.9 Å². The van der Waals surface area contributed by atoms with E-state index in [-0.39, 0.29) is 12.4 Å². The molecule has 6 rings (SSSR count). The van der Waals surface area contributed by atoms with Crippen LogP contribution < -0.4 is 15.5 Å². The molecule has 5 aromatic rings. The molecule has 37 heavy (non-hydrogen) atoms. The van der Waals surface area contributed by atoms with Crippen LogP contribution in [0, 0.1) is 6.92 Å². The molecule has 0 spiro atoms. The molecule has 1 saturated heterocycles. The minimum atomic E-state index is 0. The molecule has 9 nitrogen and oxygen atoms in total. The molecule has 0 bridgehead atoms. The van der Waals surface area contributed by atoms with Gasteiger partial charge in [0.25, 0.3) is 0 Å². The number of nitrogens with zero attached hydrogens (tertiary/aromatic N) is 7. The standard InChI is InChI=1S/C27H29N9.ClH/c1-17-10-21(6-5-20(17)11-19-4-7-24-22(12-19)32-16-35(24)3)33-26-25-23(30-15-31-26)13-29-27(34-25)36-9-8-28-18(2)14-36;/h4-7,10,12-13,15-16,18,28H,8-9,11,14H2,1-3H3,(H,30,31,33);1H/t18-;/m1./s1. The summed E-state index contributed by atoms with van der Waals surface area (Å²) in [5.74, 6) is 1.39. The molecule has 1 aliphatic heterocycles. The van der Waals surface area contributed by atoms with Crippen LogP contribution in [0.2, 0.25) is 0 Å². The number of piperazine rings is 1. The quantitative estimate of drug-likeness (QED) is 0.360. The number of hydrogen-bond donors (Lipinski definition) is 2. The molecule has 0 amide bonds. The molecule has 1 aliphatic rings. The predicted octanol–water partition coefficient (Wildman–Crippen LogP) is 4.17. The number of anilines is 3. The summed E-state index contributed by atoms with van der Waals surface area (Å²) in [6.45, 7) is 6.98. The van der Waals surface area contributed by atoms with Crippen LogP contribution in [0.4, 0.5) is 17.5 Å². The highest BCUT2D eigenvalue weighted by Crippen LogP contribution is 2.26. The van der Waals surface area contributed by atoms with Crippen molar-refractivity contribution in [2.45, 2.75) is 26.3 Å². The van der Waals surface area contributed by atoms with E-state index in [0.29, 0.717) is 17.8 Å². The summed E-state index contributed by atoms with van der Waals surface area (Å²) in [6, 6.07) is 13.3. The highest BCUT2D eigenvalue weighted by Gasteiger charge is 2.19. The first-order valence-electron chi connectivity index (χ1n) is 12.3. The Labute approximate surface area is 221 Å². The van der Waals surface area contributed by atoms with E-state index in [1.54, 1.807) is 12.5 Å². The molecule has 0 saturated carbocycles. The van der Waals surface area contributed by atoms with Crippen LogP contribution in [0.3, 0.4) is 0 Å². The minimum absolute atomic E-state index is 0. The molecule has 2 N–H and O–H groups in total. The zero-order valence-electron chi connectivity index (χ0n) is 21.1. The SMILES string of the molecule is Cc1cc(Nc2ncnc3cnc(N4CCN[C@H](C)C4)nc23)ccc1Cc1ccc2c(c1)ncn2C.Cl. The highest BCUT2D eigenvalue weighted by atomic mass is 35.5. The van der Waals surface area contributed by atoms with Gasteiger partial charge in [0.2, 0.25) is 5.95 Å². The molecule has 0 unspecified atom stereocenters. The Morgan fingerprint density at radius 2 is 1.95 bits per heavy atom. The molecule has 1 fully saturated rings. The summed E-state index contributed by atoms with van der Waals surface area (Å²) in [6.07, 6.45) is 6.05. The third-order valence-electron chi connectivity index (χ3n) is 6.81. The normalized spacial score (nSPS) is 15.6. The Balaban J connectivity index is 0.00000280. The Morgan fingerprint density at radius 1 is 1.05 bits per heavy atom. The summed E-state index contributed by atoms with van der Waals surface area (Å²) < 4.78 is 2.04. The van der Waals surface area contributed by atoms with Crippen LogP contribution in [0.25, 0.3) is 22.1 Å². The predicted molar refractivity (Wildman–Crippen MR) is 150 cm³/mol. The van der Waals surface area contributed by atoms with Crippen molar-refractivity contribution < 1.29 is 0 Å². The smallest absolute Gasteiger partial charge is 0.226 e. The lowest BCUT2D eigenvalue weighted by atomic mass is 9.99. The van der Waals surface area contributed by atoms with Crippen molar-refractivity contribution in [1.82, 2.24) is 34.8 Å². The largest absolute Gasteiger partial charge is 0.338 e. The van der Waals surface area contributed by atoms with Gasteiger partial charge in [-0.2, -0.15) is 0 Å². The lowest BCUT2D eigenvalue weighted by molar-refractivity contribution is 0.480. The van der Waals surface area contributed by atoms with Gasteiger partial charge in [-0.1, -0.05) is 12.1 Å². The molecule has 1 atom stereocenters. The van der Waals surface area contributed by atoms with Gasteiger partial charge in [0.1, 0.15) is 17.4 Å². The van der Waals surface area contributed by atoms with E-state index >= 15 is 0 Å². The second kappa shape index (κ2) is 10.3. The van der Waals surface area contributed by atoms with Gasteiger partial charge in [0, 0.05) is 38.4 Å². The second-order valence-corrected chi connectivity index (χ2v) is 9.55. The van der Waals surface area contributed by atoms with Crippen LogP contribution in [-0.2, 0) is 13.5 Å². The Morgan fingerprint density at radius 3 is 2.78 bits per heavy atom. The first kappa shape index (κ1) is 24.9. The molecule has 0 radical (unpaired) electrons. The zero-order chi connectivity index (χ0) is 24.6. The number of rotatable bonds is 5. The average Bonchev–Trinajstić information content (AvgIpc) is 3.25. The molecule has 2 aromatic carbocycles. The number of halogens is 1. The number of benzene rings is 2. The fourth-order valence-corrected chi connectivity index (χ4v) is 4.82. The van der Waals surface area contributed by atoms with Crippen LogP contribution in [0.15, 0.2) is 55.2 Å². The monoisotopic (exact) mass is 515 g/mol. The molecule has 190 valence electrons. The van der Waals surface area contributed by atoms with Crippen molar-refractivity contribution in [2.75, 3.05) is 29.9 Å². The number of aromatic nitrogens is 6. The number of nitrogens with one attached hydrogen (secondary N) is 2. The summed E-state index contributed by atoms with van der Waals surface area (Å²) in [5, 5.41) is 6.92. The summed E-state index contributed by atoms with van der Waals surface area (Å²) >= 11 is 0. The number of fused-ring (bicyclic) bond motifs is 2. The van der Waals surface area contributed by atoms with Gasteiger partial charge in [0.05, 0.1) is 23.6 Å². The fourth-order valence-electron chi connectivity index (χ4n) is 4.82. The van der Waals surface area contributed by atoms with Crippen molar-refractivity contribution in [3.05, 3.63) is 71.9 Å². The second-order valence-electron chi connectivity index (χ2n) is 9.55. The fraction of sp³-hybridized carbons (Fsp3) is 0.296. The summed E-state index contributed by atoms with van der Waals surface area (Å²) in [4.78, 5) is 25.0. The first-order chi connectivity index (χ1) is 17.5. The molecule has 3 aromatic heterocycles. The maximum absolute atomic E-state index is 4.84. The number of imidazole rings is 1. The van der Waals surface area contributed by atoms with E-state index in [0.717, 1.165) is 53.8 Å². The lowest BCUT2D eigenvalue weighted by Crippen LogP contribution is -2.49. The Kier molecular flexibility index (Phi) is 6.90. The molecule has 10 heteroatoms. The maximum atomic E-state index is 4.84. The van der Waals surface area contributed by atoms with Crippen molar-refractivity contribution in [1.29, 1.82) is 0 Å². The van der Waals surface area contributed by atoms with Gasteiger partial charge >= 0.3 is 0 Å². The van der Waals surface area contributed by atoms with E-state index in [9.17, 15) is 0 Å². The molecular weight excluding hydrogens is 486 g/mol. The van der Waals surface area contributed by atoms with Crippen LogP contribution in [0.1, 0.15) is 23.6 Å². The average molecular weight is 516 g/mol. The van der Waals surface area contributed by atoms with Gasteiger partial charge < -0.3 is 20.1 Å².